The van der Waals surface area contributed by atoms with Crippen LogP contribution < -0.4 is 0 Å². The molecule has 112 valence electrons. The molecule has 1 aromatic carbocycles. The van der Waals surface area contributed by atoms with Gasteiger partial charge in [0, 0.05) is 19.5 Å². The Morgan fingerprint density at radius 3 is 2.55 bits per heavy atom. The quantitative estimate of drug-likeness (QED) is 0.871. The zero-order valence-corrected chi connectivity index (χ0v) is 12.7. The number of nitrogens with zero attached hydrogens (tertiary/aromatic N) is 1. The Morgan fingerprint density at radius 1 is 1.40 bits per heavy atom. The van der Waals surface area contributed by atoms with Gasteiger partial charge in [-0.1, -0.05) is 25.1 Å². The molecule has 1 N–H and O–H groups in total. The molecule has 1 amide bonds. The van der Waals surface area contributed by atoms with Crippen LogP contribution in [0.3, 0.4) is 0 Å². The van der Waals surface area contributed by atoms with Gasteiger partial charge in [0.2, 0.25) is 5.91 Å². The molecule has 0 aliphatic rings. The highest BCUT2D eigenvalue weighted by Crippen LogP contribution is 2.15. The largest absolute Gasteiger partial charge is 0.389 e. The zero-order chi connectivity index (χ0) is 15.3. The van der Waals surface area contributed by atoms with Crippen molar-refractivity contribution in [2.45, 2.75) is 39.2 Å². The van der Waals surface area contributed by atoms with Gasteiger partial charge in [0.1, 0.15) is 5.82 Å². The van der Waals surface area contributed by atoms with Gasteiger partial charge in [-0.05, 0) is 38.3 Å². The summed E-state index contributed by atoms with van der Waals surface area (Å²) in [5, 5.41) is 9.72. The number of amides is 1. The normalized spacial score (nSPS) is 13.1. The predicted molar refractivity (Wildman–Crippen MR) is 77.8 cm³/mol. The first-order valence-corrected chi connectivity index (χ1v) is 6.91. The molecular formula is C16H24FNO2. The van der Waals surface area contributed by atoms with Crippen molar-refractivity contribution in [3.05, 3.63) is 35.6 Å². The molecule has 0 aromatic heterocycles. The van der Waals surface area contributed by atoms with Gasteiger partial charge >= 0.3 is 0 Å². The lowest BCUT2D eigenvalue weighted by Gasteiger charge is -2.27. The first-order chi connectivity index (χ1) is 9.20. The van der Waals surface area contributed by atoms with E-state index < -0.39 is 5.60 Å². The molecule has 0 radical (unpaired) electrons. The number of rotatable bonds is 6. The van der Waals surface area contributed by atoms with Crippen LogP contribution in [-0.2, 0) is 11.2 Å². The maximum Gasteiger partial charge on any atom is 0.225 e. The highest BCUT2D eigenvalue weighted by molar-refractivity contribution is 5.78. The molecule has 1 unspecified atom stereocenters. The van der Waals surface area contributed by atoms with E-state index in [1.165, 1.54) is 11.0 Å². The second-order valence-corrected chi connectivity index (χ2v) is 6.04. The third kappa shape index (κ3) is 5.29. The summed E-state index contributed by atoms with van der Waals surface area (Å²) in [5.74, 6) is -0.442. The second-order valence-electron chi connectivity index (χ2n) is 6.04. The van der Waals surface area contributed by atoms with Crippen molar-refractivity contribution in [2.75, 3.05) is 13.6 Å². The molecule has 0 saturated carbocycles. The first kappa shape index (κ1) is 16.6. The van der Waals surface area contributed by atoms with Crippen molar-refractivity contribution in [3.8, 4) is 0 Å². The monoisotopic (exact) mass is 281 g/mol. The topological polar surface area (TPSA) is 40.5 Å². The van der Waals surface area contributed by atoms with Crippen LogP contribution in [0.5, 0.6) is 0 Å². The van der Waals surface area contributed by atoms with Crippen molar-refractivity contribution < 1.29 is 14.3 Å². The minimum atomic E-state index is -0.907. The minimum Gasteiger partial charge on any atom is -0.389 e. The summed E-state index contributed by atoms with van der Waals surface area (Å²) in [6, 6.07) is 6.63. The van der Waals surface area contributed by atoms with Crippen molar-refractivity contribution >= 4 is 5.91 Å². The average molecular weight is 281 g/mol. The molecular weight excluding hydrogens is 257 g/mol. The number of hydrogen-bond donors (Lipinski definition) is 1. The number of likely N-dealkylation sites (N-methyl/N-ethyl adjacent to an activating group) is 1. The number of aryl methyl sites for hydroxylation is 1. The van der Waals surface area contributed by atoms with Crippen molar-refractivity contribution in [1.29, 1.82) is 0 Å². The van der Waals surface area contributed by atoms with Gasteiger partial charge in [0.05, 0.1) is 5.60 Å². The van der Waals surface area contributed by atoms with Crippen LogP contribution in [0, 0.1) is 11.7 Å². The summed E-state index contributed by atoms with van der Waals surface area (Å²) in [7, 11) is 1.68. The molecule has 1 rings (SSSR count). The van der Waals surface area contributed by atoms with Crippen molar-refractivity contribution in [1.82, 2.24) is 4.90 Å². The lowest BCUT2D eigenvalue weighted by Crippen LogP contribution is -2.41. The van der Waals surface area contributed by atoms with Gasteiger partial charge in [-0.2, -0.15) is 0 Å². The number of benzene rings is 1. The van der Waals surface area contributed by atoms with E-state index in [1.807, 2.05) is 6.92 Å². The molecule has 0 heterocycles. The first-order valence-electron chi connectivity index (χ1n) is 6.91. The molecule has 20 heavy (non-hydrogen) atoms. The Labute approximate surface area is 120 Å². The van der Waals surface area contributed by atoms with Crippen molar-refractivity contribution in [3.63, 3.8) is 0 Å². The van der Waals surface area contributed by atoms with Crippen LogP contribution in [0.25, 0.3) is 0 Å². The summed E-state index contributed by atoms with van der Waals surface area (Å²) >= 11 is 0. The molecule has 0 spiro atoms. The minimum absolute atomic E-state index is 0.0246. The fourth-order valence-corrected chi connectivity index (χ4v) is 2.23. The average Bonchev–Trinajstić information content (AvgIpc) is 2.34. The predicted octanol–water partition coefficient (Wildman–Crippen LogP) is 2.62. The Balaban J connectivity index is 2.52. The maximum atomic E-state index is 13.5. The number of carbonyl (C=O) groups excluding carboxylic acids is 1. The number of carbonyl (C=O) groups is 1. The van der Waals surface area contributed by atoms with Gasteiger partial charge in [-0.3, -0.25) is 4.79 Å². The SMILES string of the molecule is CC(CCc1ccccc1F)C(=O)N(C)CC(C)(C)O. The highest BCUT2D eigenvalue weighted by atomic mass is 19.1. The lowest BCUT2D eigenvalue weighted by atomic mass is 9.99. The van der Waals surface area contributed by atoms with E-state index in [1.54, 1.807) is 39.1 Å². The molecule has 0 aliphatic heterocycles. The standard InChI is InChI=1S/C16H24FNO2/c1-12(15(19)18(4)11-16(2,3)20)9-10-13-7-5-6-8-14(13)17/h5-8,12,20H,9-11H2,1-4H3. The molecule has 0 fully saturated rings. The van der Waals surface area contributed by atoms with E-state index >= 15 is 0 Å². The molecule has 3 nitrogen and oxygen atoms in total. The van der Waals surface area contributed by atoms with E-state index in [2.05, 4.69) is 0 Å². The number of halogens is 1. The van der Waals surface area contributed by atoms with E-state index in [0.717, 1.165) is 0 Å². The van der Waals surface area contributed by atoms with Gasteiger partial charge in [0.25, 0.3) is 0 Å². The second kappa shape index (κ2) is 6.84. The summed E-state index contributed by atoms with van der Waals surface area (Å²) < 4.78 is 13.5. The fraction of sp³-hybridized carbons (Fsp3) is 0.562. The fourth-order valence-electron chi connectivity index (χ4n) is 2.23. The molecule has 0 saturated heterocycles. The van der Waals surface area contributed by atoms with E-state index in [-0.39, 0.29) is 24.2 Å². The molecule has 4 heteroatoms. The van der Waals surface area contributed by atoms with Crippen LogP contribution in [-0.4, -0.2) is 35.1 Å². The Morgan fingerprint density at radius 2 is 2.00 bits per heavy atom. The molecule has 0 aliphatic carbocycles. The summed E-state index contributed by atoms with van der Waals surface area (Å²) in [6.07, 6.45) is 1.13. The Kier molecular flexibility index (Phi) is 5.69. The summed E-state index contributed by atoms with van der Waals surface area (Å²) in [6.45, 7) is 5.46. The summed E-state index contributed by atoms with van der Waals surface area (Å²) in [4.78, 5) is 13.7. The van der Waals surface area contributed by atoms with E-state index in [0.29, 0.717) is 18.4 Å². The smallest absolute Gasteiger partial charge is 0.225 e. The summed E-state index contributed by atoms with van der Waals surface area (Å²) in [5.41, 5.74) is -0.271. The third-order valence-corrected chi connectivity index (χ3v) is 3.23. The van der Waals surface area contributed by atoms with E-state index in [4.69, 9.17) is 0 Å². The van der Waals surface area contributed by atoms with Gasteiger partial charge in [-0.25, -0.2) is 4.39 Å². The number of aliphatic hydroxyl groups is 1. The lowest BCUT2D eigenvalue weighted by molar-refractivity contribution is -0.136. The Hall–Kier alpha value is -1.42. The Bertz CT molecular complexity index is 454. The van der Waals surface area contributed by atoms with Crippen LogP contribution in [0.4, 0.5) is 4.39 Å². The van der Waals surface area contributed by atoms with Gasteiger partial charge < -0.3 is 10.0 Å². The van der Waals surface area contributed by atoms with Crippen LogP contribution in [0.2, 0.25) is 0 Å². The maximum absolute atomic E-state index is 13.5. The highest BCUT2D eigenvalue weighted by Gasteiger charge is 2.23. The van der Waals surface area contributed by atoms with Crippen molar-refractivity contribution in [2.24, 2.45) is 5.92 Å². The van der Waals surface area contributed by atoms with Crippen LogP contribution in [0.15, 0.2) is 24.3 Å². The van der Waals surface area contributed by atoms with Gasteiger partial charge in [0.15, 0.2) is 0 Å². The third-order valence-electron chi connectivity index (χ3n) is 3.23. The van der Waals surface area contributed by atoms with Gasteiger partial charge in [-0.15, -0.1) is 0 Å². The van der Waals surface area contributed by atoms with E-state index in [9.17, 15) is 14.3 Å². The number of hydrogen-bond acceptors (Lipinski definition) is 2. The van der Waals surface area contributed by atoms with Crippen LogP contribution in [0.1, 0.15) is 32.8 Å². The zero-order valence-electron chi connectivity index (χ0n) is 12.7. The molecule has 1 aromatic rings. The molecule has 0 bridgehead atoms. The molecule has 1 atom stereocenters. The van der Waals surface area contributed by atoms with Crippen LogP contribution >= 0.6 is 0 Å².